The Balaban J connectivity index is 2.25. The average molecular weight is 328 g/mol. The summed E-state index contributed by atoms with van der Waals surface area (Å²) in [6.07, 6.45) is 0. The SMILES string of the molecule is COc1ccc(NC(=O)c2cc(Cl)nnc2Cl)cc1OC. The van der Waals surface area contributed by atoms with Gasteiger partial charge in [0.1, 0.15) is 0 Å². The van der Waals surface area contributed by atoms with Crippen molar-refractivity contribution < 1.29 is 14.3 Å². The summed E-state index contributed by atoms with van der Waals surface area (Å²) in [5, 5.41) is 9.84. The summed E-state index contributed by atoms with van der Waals surface area (Å²) in [4.78, 5) is 12.1. The summed E-state index contributed by atoms with van der Waals surface area (Å²) in [6.45, 7) is 0. The summed E-state index contributed by atoms with van der Waals surface area (Å²) in [5.74, 6) is 0.596. The molecule has 0 radical (unpaired) electrons. The molecule has 0 unspecified atom stereocenters. The first-order valence-corrected chi connectivity index (χ1v) is 6.53. The molecular weight excluding hydrogens is 317 g/mol. The molecule has 0 aliphatic carbocycles. The number of anilines is 1. The minimum absolute atomic E-state index is 0.0302. The number of carbonyl (C=O) groups is 1. The van der Waals surface area contributed by atoms with E-state index in [0.29, 0.717) is 17.2 Å². The fourth-order valence-electron chi connectivity index (χ4n) is 1.62. The molecule has 0 atom stereocenters. The largest absolute Gasteiger partial charge is 0.493 e. The number of benzene rings is 1. The van der Waals surface area contributed by atoms with Crippen molar-refractivity contribution in [2.75, 3.05) is 19.5 Å². The van der Waals surface area contributed by atoms with Crippen LogP contribution in [0.2, 0.25) is 10.3 Å². The van der Waals surface area contributed by atoms with Crippen LogP contribution in [0.4, 0.5) is 5.69 Å². The summed E-state index contributed by atoms with van der Waals surface area (Å²) in [7, 11) is 3.04. The highest BCUT2D eigenvalue weighted by Crippen LogP contribution is 2.30. The van der Waals surface area contributed by atoms with Gasteiger partial charge >= 0.3 is 0 Å². The molecule has 1 amide bonds. The molecule has 2 rings (SSSR count). The van der Waals surface area contributed by atoms with Gasteiger partial charge in [-0.3, -0.25) is 4.79 Å². The van der Waals surface area contributed by atoms with Crippen molar-refractivity contribution in [2.24, 2.45) is 0 Å². The van der Waals surface area contributed by atoms with Crippen molar-refractivity contribution in [1.29, 1.82) is 0 Å². The molecule has 1 aromatic carbocycles. The normalized spacial score (nSPS) is 10.1. The third-order valence-electron chi connectivity index (χ3n) is 2.61. The predicted octanol–water partition coefficient (Wildman–Crippen LogP) is 3.05. The van der Waals surface area contributed by atoms with Crippen molar-refractivity contribution in [1.82, 2.24) is 10.2 Å². The maximum atomic E-state index is 12.1. The lowest BCUT2D eigenvalue weighted by Crippen LogP contribution is -2.13. The smallest absolute Gasteiger partial charge is 0.258 e. The molecule has 6 nitrogen and oxygen atoms in total. The molecule has 0 fully saturated rings. The van der Waals surface area contributed by atoms with Crippen LogP contribution >= 0.6 is 23.2 Å². The molecule has 1 heterocycles. The van der Waals surface area contributed by atoms with E-state index in [1.54, 1.807) is 18.2 Å². The van der Waals surface area contributed by atoms with Gasteiger partial charge in [0.15, 0.2) is 21.8 Å². The lowest BCUT2D eigenvalue weighted by atomic mass is 10.2. The van der Waals surface area contributed by atoms with Crippen LogP contribution in [0, 0.1) is 0 Å². The minimum atomic E-state index is -0.455. The Kier molecular flexibility index (Phi) is 4.82. The van der Waals surface area contributed by atoms with Crippen LogP contribution in [0.15, 0.2) is 24.3 Å². The number of halogens is 2. The van der Waals surface area contributed by atoms with E-state index in [9.17, 15) is 4.79 Å². The van der Waals surface area contributed by atoms with Crippen molar-refractivity contribution in [3.63, 3.8) is 0 Å². The number of amides is 1. The third-order valence-corrected chi connectivity index (χ3v) is 3.07. The van der Waals surface area contributed by atoms with Gasteiger partial charge in [0.25, 0.3) is 5.91 Å². The standard InChI is InChI=1S/C13H11Cl2N3O3/c1-20-9-4-3-7(5-10(9)21-2)16-13(19)8-6-11(14)17-18-12(8)15/h3-6H,1-2H3,(H,16,19). The Labute approximate surface area is 131 Å². The molecule has 8 heteroatoms. The number of carbonyl (C=O) groups excluding carboxylic acids is 1. The molecule has 110 valence electrons. The molecule has 0 aliphatic rings. The van der Waals surface area contributed by atoms with Crippen molar-refractivity contribution >= 4 is 34.8 Å². The van der Waals surface area contributed by atoms with Gasteiger partial charge in [0, 0.05) is 11.8 Å². The average Bonchev–Trinajstić information content (AvgIpc) is 2.49. The fraction of sp³-hybridized carbons (Fsp3) is 0.154. The lowest BCUT2D eigenvalue weighted by Gasteiger charge is -2.10. The van der Waals surface area contributed by atoms with Gasteiger partial charge in [0.05, 0.1) is 19.8 Å². The Morgan fingerprint density at radius 1 is 1.10 bits per heavy atom. The first-order valence-electron chi connectivity index (χ1n) is 5.77. The highest BCUT2D eigenvalue weighted by molar-refractivity contribution is 6.34. The van der Waals surface area contributed by atoms with Crippen molar-refractivity contribution in [3.8, 4) is 11.5 Å². The number of hydrogen-bond acceptors (Lipinski definition) is 5. The quantitative estimate of drug-likeness (QED) is 0.934. The number of hydrogen-bond donors (Lipinski definition) is 1. The summed E-state index contributed by atoms with van der Waals surface area (Å²) in [5.41, 5.74) is 0.646. The number of nitrogens with one attached hydrogen (secondary N) is 1. The Bertz CT molecular complexity index is 680. The maximum absolute atomic E-state index is 12.1. The first kappa shape index (κ1) is 15.3. The maximum Gasteiger partial charge on any atom is 0.258 e. The van der Waals surface area contributed by atoms with E-state index in [2.05, 4.69) is 15.5 Å². The molecule has 0 saturated heterocycles. The zero-order valence-corrected chi connectivity index (χ0v) is 12.7. The van der Waals surface area contributed by atoms with Crippen LogP contribution in [-0.4, -0.2) is 30.3 Å². The van der Waals surface area contributed by atoms with Crippen LogP contribution in [0.5, 0.6) is 11.5 Å². The molecule has 0 aliphatic heterocycles. The highest BCUT2D eigenvalue weighted by Gasteiger charge is 2.14. The van der Waals surface area contributed by atoms with E-state index < -0.39 is 5.91 Å². The monoisotopic (exact) mass is 327 g/mol. The second-order valence-electron chi connectivity index (χ2n) is 3.90. The lowest BCUT2D eigenvalue weighted by molar-refractivity contribution is 0.102. The molecule has 1 aromatic heterocycles. The van der Waals surface area contributed by atoms with E-state index in [1.807, 2.05) is 0 Å². The van der Waals surface area contributed by atoms with Crippen LogP contribution in [0.25, 0.3) is 0 Å². The van der Waals surface area contributed by atoms with Gasteiger partial charge in [0.2, 0.25) is 0 Å². The summed E-state index contributed by atoms with van der Waals surface area (Å²) >= 11 is 11.5. The van der Waals surface area contributed by atoms with E-state index in [1.165, 1.54) is 20.3 Å². The van der Waals surface area contributed by atoms with Gasteiger partial charge < -0.3 is 14.8 Å². The van der Waals surface area contributed by atoms with E-state index in [-0.39, 0.29) is 15.9 Å². The van der Waals surface area contributed by atoms with Gasteiger partial charge in [-0.05, 0) is 18.2 Å². The topological polar surface area (TPSA) is 73.3 Å². The Morgan fingerprint density at radius 3 is 2.48 bits per heavy atom. The molecule has 2 aromatic rings. The van der Waals surface area contributed by atoms with Gasteiger partial charge in [-0.15, -0.1) is 10.2 Å². The van der Waals surface area contributed by atoms with E-state index in [4.69, 9.17) is 32.7 Å². The summed E-state index contributed by atoms with van der Waals surface area (Å²) in [6, 6.07) is 6.31. The van der Waals surface area contributed by atoms with Crippen LogP contribution in [0.3, 0.4) is 0 Å². The van der Waals surface area contributed by atoms with Gasteiger partial charge in [-0.1, -0.05) is 23.2 Å². The molecular formula is C13H11Cl2N3O3. The number of aromatic nitrogens is 2. The number of ether oxygens (including phenoxy) is 2. The van der Waals surface area contributed by atoms with Crippen molar-refractivity contribution in [2.45, 2.75) is 0 Å². The zero-order chi connectivity index (χ0) is 15.4. The Morgan fingerprint density at radius 2 is 1.81 bits per heavy atom. The molecule has 0 bridgehead atoms. The second kappa shape index (κ2) is 6.60. The molecule has 0 spiro atoms. The third kappa shape index (κ3) is 3.53. The number of methoxy groups -OCH3 is 2. The predicted molar refractivity (Wildman–Crippen MR) is 79.6 cm³/mol. The van der Waals surface area contributed by atoms with Gasteiger partial charge in [-0.2, -0.15) is 0 Å². The molecule has 1 N–H and O–H groups in total. The fourth-order valence-corrected chi connectivity index (χ4v) is 1.95. The minimum Gasteiger partial charge on any atom is -0.493 e. The molecule has 21 heavy (non-hydrogen) atoms. The van der Waals surface area contributed by atoms with Gasteiger partial charge in [-0.25, -0.2) is 0 Å². The van der Waals surface area contributed by atoms with Crippen LogP contribution in [-0.2, 0) is 0 Å². The van der Waals surface area contributed by atoms with E-state index >= 15 is 0 Å². The first-order chi connectivity index (χ1) is 10.0. The zero-order valence-electron chi connectivity index (χ0n) is 11.2. The van der Waals surface area contributed by atoms with Crippen LogP contribution in [0.1, 0.15) is 10.4 Å². The number of nitrogens with zero attached hydrogens (tertiary/aromatic N) is 2. The second-order valence-corrected chi connectivity index (χ2v) is 4.64. The van der Waals surface area contributed by atoms with Crippen LogP contribution < -0.4 is 14.8 Å². The number of rotatable bonds is 4. The Hall–Kier alpha value is -2.05. The van der Waals surface area contributed by atoms with Crippen molar-refractivity contribution in [3.05, 3.63) is 40.1 Å². The summed E-state index contributed by atoms with van der Waals surface area (Å²) < 4.78 is 10.3. The van der Waals surface area contributed by atoms with E-state index in [0.717, 1.165) is 0 Å². The molecule has 0 saturated carbocycles. The highest BCUT2D eigenvalue weighted by atomic mass is 35.5.